The molecule has 0 aromatic carbocycles. The monoisotopic (exact) mass is 278 g/mol. The van der Waals surface area contributed by atoms with Gasteiger partial charge in [-0.25, -0.2) is 4.98 Å². The minimum absolute atomic E-state index is 0.0525. The highest BCUT2D eigenvalue weighted by Crippen LogP contribution is 2.15. The minimum atomic E-state index is -0.455. The van der Waals surface area contributed by atoms with Gasteiger partial charge < -0.3 is 4.74 Å². The summed E-state index contributed by atoms with van der Waals surface area (Å²) in [7, 11) is 0. The molecular formula is C15H22N2O3. The molecule has 0 unspecified atom stereocenters. The van der Waals surface area contributed by atoms with Gasteiger partial charge in [0.2, 0.25) is 0 Å². The van der Waals surface area contributed by atoms with Crippen molar-refractivity contribution in [2.75, 3.05) is 0 Å². The normalized spacial score (nSPS) is 14.2. The smallest absolute Gasteiger partial charge is 0.306 e. The van der Waals surface area contributed by atoms with Crippen molar-refractivity contribution < 1.29 is 9.53 Å². The molecule has 1 aliphatic carbocycles. The van der Waals surface area contributed by atoms with Crippen LogP contribution in [0.2, 0.25) is 0 Å². The van der Waals surface area contributed by atoms with Crippen LogP contribution in [-0.2, 0) is 28.9 Å². The van der Waals surface area contributed by atoms with Crippen molar-refractivity contribution in [1.82, 2.24) is 9.55 Å². The van der Waals surface area contributed by atoms with Crippen molar-refractivity contribution in [3.63, 3.8) is 0 Å². The lowest BCUT2D eigenvalue weighted by atomic mass is 10.2. The Balaban J connectivity index is 1.89. The van der Waals surface area contributed by atoms with E-state index in [0.717, 1.165) is 30.5 Å². The van der Waals surface area contributed by atoms with Crippen LogP contribution in [0, 0.1) is 0 Å². The molecule has 1 aromatic heterocycles. The number of fused-ring (bicyclic) bond motifs is 1. The van der Waals surface area contributed by atoms with E-state index in [0.29, 0.717) is 19.4 Å². The van der Waals surface area contributed by atoms with Gasteiger partial charge in [-0.05, 0) is 46.5 Å². The van der Waals surface area contributed by atoms with E-state index in [-0.39, 0.29) is 11.5 Å². The summed E-state index contributed by atoms with van der Waals surface area (Å²) < 4.78 is 6.84. The second-order valence-electron chi connectivity index (χ2n) is 6.21. The van der Waals surface area contributed by atoms with Crippen LogP contribution in [0.25, 0.3) is 0 Å². The summed E-state index contributed by atoms with van der Waals surface area (Å²) in [6.45, 7) is 6.05. The Bertz CT molecular complexity index is 555. The van der Waals surface area contributed by atoms with Gasteiger partial charge in [0.25, 0.3) is 5.56 Å². The maximum absolute atomic E-state index is 12.2. The lowest BCUT2D eigenvalue weighted by molar-refractivity contribution is -0.154. The predicted octanol–water partition coefficient (Wildman–Crippen LogP) is 1.85. The summed E-state index contributed by atoms with van der Waals surface area (Å²) in [5.41, 5.74) is 1.39. The Labute approximate surface area is 119 Å². The van der Waals surface area contributed by atoms with E-state index in [1.807, 2.05) is 20.8 Å². The number of aromatic nitrogens is 2. The van der Waals surface area contributed by atoms with E-state index in [1.165, 1.54) is 0 Å². The molecule has 0 spiro atoms. The third-order valence-corrected chi connectivity index (χ3v) is 3.26. The minimum Gasteiger partial charge on any atom is -0.460 e. The van der Waals surface area contributed by atoms with Crippen molar-refractivity contribution in [3.8, 4) is 0 Å². The number of carbonyl (C=O) groups excluding carboxylic acids is 1. The predicted molar refractivity (Wildman–Crippen MR) is 75.6 cm³/mol. The van der Waals surface area contributed by atoms with Crippen molar-refractivity contribution in [2.45, 2.75) is 65.0 Å². The fourth-order valence-electron chi connectivity index (χ4n) is 2.41. The number of ether oxygens (including phenoxy) is 1. The molecule has 5 heteroatoms. The van der Waals surface area contributed by atoms with E-state index in [4.69, 9.17) is 4.74 Å². The molecule has 2 rings (SSSR count). The second-order valence-corrected chi connectivity index (χ2v) is 6.21. The van der Waals surface area contributed by atoms with Gasteiger partial charge >= 0.3 is 5.97 Å². The maximum Gasteiger partial charge on any atom is 0.306 e. The van der Waals surface area contributed by atoms with E-state index in [2.05, 4.69) is 4.98 Å². The van der Waals surface area contributed by atoms with Crippen LogP contribution in [0.5, 0.6) is 0 Å². The Hall–Kier alpha value is -1.65. The first-order valence-corrected chi connectivity index (χ1v) is 7.16. The number of hydrogen-bond donors (Lipinski definition) is 0. The molecule has 1 heterocycles. The van der Waals surface area contributed by atoms with Crippen LogP contribution in [0.3, 0.4) is 0 Å². The number of esters is 1. The summed E-state index contributed by atoms with van der Waals surface area (Å²) in [5, 5.41) is 0. The van der Waals surface area contributed by atoms with Crippen molar-refractivity contribution >= 4 is 5.97 Å². The second kappa shape index (κ2) is 5.77. The fraction of sp³-hybridized carbons (Fsp3) is 0.667. The molecule has 0 atom stereocenters. The molecule has 0 bridgehead atoms. The molecule has 0 saturated carbocycles. The molecule has 0 radical (unpaired) electrons. The van der Waals surface area contributed by atoms with Crippen LogP contribution in [0.15, 0.2) is 11.1 Å². The largest absolute Gasteiger partial charge is 0.460 e. The summed E-state index contributed by atoms with van der Waals surface area (Å²) in [6, 6.07) is 0. The quantitative estimate of drug-likeness (QED) is 0.789. The van der Waals surface area contributed by atoms with E-state index >= 15 is 0 Å². The lowest BCUT2D eigenvalue weighted by Crippen LogP contribution is -2.26. The van der Waals surface area contributed by atoms with E-state index < -0.39 is 5.60 Å². The molecule has 0 N–H and O–H groups in total. The fourth-order valence-corrected chi connectivity index (χ4v) is 2.41. The van der Waals surface area contributed by atoms with Crippen LogP contribution in [0.4, 0.5) is 0 Å². The maximum atomic E-state index is 12.2. The first kappa shape index (κ1) is 14.8. The van der Waals surface area contributed by atoms with Gasteiger partial charge in [-0.1, -0.05) is 0 Å². The molecule has 1 aliphatic rings. The summed E-state index contributed by atoms with van der Waals surface area (Å²) >= 11 is 0. The van der Waals surface area contributed by atoms with Gasteiger partial charge in [-0.3, -0.25) is 14.2 Å². The Morgan fingerprint density at radius 1 is 1.40 bits per heavy atom. The van der Waals surface area contributed by atoms with Crippen molar-refractivity contribution in [1.29, 1.82) is 0 Å². The average Bonchev–Trinajstić information content (AvgIpc) is 2.78. The number of hydrogen-bond acceptors (Lipinski definition) is 4. The molecule has 0 aliphatic heterocycles. The van der Waals surface area contributed by atoms with Crippen LogP contribution >= 0.6 is 0 Å². The molecule has 20 heavy (non-hydrogen) atoms. The average molecular weight is 278 g/mol. The highest BCUT2D eigenvalue weighted by atomic mass is 16.6. The van der Waals surface area contributed by atoms with Crippen LogP contribution in [0.1, 0.15) is 51.3 Å². The zero-order chi connectivity index (χ0) is 14.8. The lowest BCUT2D eigenvalue weighted by Gasteiger charge is -2.19. The van der Waals surface area contributed by atoms with Gasteiger partial charge in [-0.2, -0.15) is 0 Å². The third kappa shape index (κ3) is 3.68. The number of nitrogens with zero attached hydrogens (tertiary/aromatic N) is 2. The van der Waals surface area contributed by atoms with Gasteiger partial charge in [0.15, 0.2) is 0 Å². The van der Waals surface area contributed by atoms with Crippen LogP contribution in [-0.4, -0.2) is 21.1 Å². The number of aryl methyl sites for hydroxylation is 2. The Kier molecular flexibility index (Phi) is 4.26. The molecule has 0 amide bonds. The Morgan fingerprint density at radius 3 is 2.85 bits per heavy atom. The molecule has 0 saturated heterocycles. The highest BCUT2D eigenvalue weighted by molar-refractivity contribution is 5.69. The number of rotatable bonds is 4. The molecule has 110 valence electrons. The molecular weight excluding hydrogens is 256 g/mol. The summed E-state index contributed by atoms with van der Waals surface area (Å²) in [6.07, 6.45) is 5.26. The first-order valence-electron chi connectivity index (χ1n) is 7.16. The van der Waals surface area contributed by atoms with Gasteiger partial charge in [0, 0.05) is 18.5 Å². The Morgan fingerprint density at radius 2 is 2.15 bits per heavy atom. The standard InChI is InChI=1S/C15H22N2O3/c1-15(2,3)20-13(18)8-5-9-17-10-16-12-7-4-6-11(12)14(17)19/h10H,4-9H2,1-3H3. The van der Waals surface area contributed by atoms with Gasteiger partial charge in [0.1, 0.15) is 5.60 Å². The summed E-state index contributed by atoms with van der Waals surface area (Å²) in [4.78, 5) is 28.1. The SMILES string of the molecule is CC(C)(C)OC(=O)CCCn1cnc2c(c1=O)CCC2. The molecule has 1 aromatic rings. The van der Waals surface area contributed by atoms with Gasteiger partial charge in [-0.15, -0.1) is 0 Å². The molecule has 0 fully saturated rings. The summed E-state index contributed by atoms with van der Waals surface area (Å²) in [5.74, 6) is -0.223. The third-order valence-electron chi connectivity index (χ3n) is 3.26. The van der Waals surface area contributed by atoms with Gasteiger partial charge in [0.05, 0.1) is 12.0 Å². The highest BCUT2D eigenvalue weighted by Gasteiger charge is 2.18. The van der Waals surface area contributed by atoms with E-state index in [9.17, 15) is 9.59 Å². The zero-order valence-corrected chi connectivity index (χ0v) is 12.4. The topological polar surface area (TPSA) is 61.2 Å². The van der Waals surface area contributed by atoms with Crippen LogP contribution < -0.4 is 5.56 Å². The van der Waals surface area contributed by atoms with E-state index in [1.54, 1.807) is 10.9 Å². The van der Waals surface area contributed by atoms with Crippen molar-refractivity contribution in [2.24, 2.45) is 0 Å². The molecule has 5 nitrogen and oxygen atoms in total. The zero-order valence-electron chi connectivity index (χ0n) is 12.4. The first-order chi connectivity index (χ1) is 9.37. The van der Waals surface area contributed by atoms with Crippen molar-refractivity contribution in [3.05, 3.63) is 27.9 Å². The number of carbonyl (C=O) groups is 1.